The molecule has 0 unspecified atom stereocenters. The molecule has 2 aromatic heterocycles. The number of amides is 2. The summed E-state index contributed by atoms with van der Waals surface area (Å²) in [4.78, 5) is 25.8. The lowest BCUT2D eigenvalue weighted by molar-refractivity contribution is 0.0847. The summed E-state index contributed by atoms with van der Waals surface area (Å²) in [7, 11) is 0. The molecular weight excluding hydrogens is 388 g/mol. The fraction of sp³-hybridized carbons (Fsp3) is 0. The lowest BCUT2D eigenvalue weighted by Crippen LogP contribution is -2.41. The number of aromatic nitrogens is 2. The van der Waals surface area contributed by atoms with Gasteiger partial charge in [0.1, 0.15) is 11.4 Å². The van der Waals surface area contributed by atoms with Crippen molar-refractivity contribution in [2.24, 2.45) is 0 Å². The third-order valence-electron chi connectivity index (χ3n) is 4.13. The van der Waals surface area contributed by atoms with Gasteiger partial charge in [-0.3, -0.25) is 20.4 Å². The Labute approximate surface area is 170 Å². The largest absolute Gasteiger partial charge is 0.508 e. The van der Waals surface area contributed by atoms with Crippen molar-refractivity contribution in [2.45, 2.75) is 0 Å². The van der Waals surface area contributed by atoms with Crippen LogP contribution in [-0.2, 0) is 0 Å². The highest BCUT2D eigenvalue weighted by molar-refractivity contribution is 7.13. The Morgan fingerprint density at radius 3 is 2.45 bits per heavy atom. The normalized spacial score (nSPS) is 10.5. The highest BCUT2D eigenvalue weighted by Gasteiger charge is 2.20. The van der Waals surface area contributed by atoms with E-state index < -0.39 is 11.8 Å². The lowest BCUT2D eigenvalue weighted by atomic mass is 10.2. The van der Waals surface area contributed by atoms with Crippen LogP contribution in [0.2, 0.25) is 0 Å². The van der Waals surface area contributed by atoms with Crippen molar-refractivity contribution in [1.29, 1.82) is 0 Å². The van der Waals surface area contributed by atoms with Crippen LogP contribution in [0.4, 0.5) is 0 Å². The number of phenolic OH excluding ortho intramolecular Hbond substituents is 1. The third-order valence-corrected chi connectivity index (χ3v) is 5.01. The Balaban J connectivity index is 1.59. The summed E-state index contributed by atoms with van der Waals surface area (Å²) in [6.45, 7) is 0. The molecule has 0 fully saturated rings. The van der Waals surface area contributed by atoms with Gasteiger partial charge in [-0.15, -0.1) is 11.3 Å². The molecule has 0 bridgehead atoms. The Morgan fingerprint density at radius 1 is 0.931 bits per heavy atom. The number of nitrogens with zero attached hydrogens (tertiary/aromatic N) is 2. The van der Waals surface area contributed by atoms with Crippen molar-refractivity contribution < 1.29 is 14.7 Å². The quantitative estimate of drug-likeness (QED) is 0.454. The average Bonchev–Trinajstić information content (AvgIpc) is 3.42. The number of para-hydroxylation sites is 1. The van der Waals surface area contributed by atoms with E-state index in [0.29, 0.717) is 11.3 Å². The van der Waals surface area contributed by atoms with Crippen molar-refractivity contribution in [3.8, 4) is 22.0 Å². The number of phenols is 1. The van der Waals surface area contributed by atoms with E-state index in [4.69, 9.17) is 0 Å². The highest BCUT2D eigenvalue weighted by atomic mass is 32.1. The molecule has 144 valence electrons. The van der Waals surface area contributed by atoms with Crippen molar-refractivity contribution >= 4 is 23.2 Å². The van der Waals surface area contributed by atoms with Gasteiger partial charge in [0, 0.05) is 11.8 Å². The van der Waals surface area contributed by atoms with Gasteiger partial charge < -0.3 is 5.11 Å². The number of hydrogen-bond acceptors (Lipinski definition) is 5. The number of thiophene rings is 1. The van der Waals surface area contributed by atoms with Gasteiger partial charge in [0.15, 0.2) is 0 Å². The van der Waals surface area contributed by atoms with Crippen LogP contribution in [0.25, 0.3) is 16.3 Å². The average molecular weight is 404 g/mol. The van der Waals surface area contributed by atoms with Gasteiger partial charge in [0.2, 0.25) is 0 Å². The molecule has 2 amide bonds. The predicted octanol–water partition coefficient (Wildman–Crippen LogP) is 3.38. The zero-order valence-electron chi connectivity index (χ0n) is 15.1. The van der Waals surface area contributed by atoms with Gasteiger partial charge in [-0.1, -0.05) is 30.3 Å². The second kappa shape index (κ2) is 7.99. The van der Waals surface area contributed by atoms with E-state index >= 15 is 0 Å². The molecule has 0 aliphatic carbocycles. The van der Waals surface area contributed by atoms with Crippen LogP contribution < -0.4 is 10.9 Å². The molecule has 0 radical (unpaired) electrons. The Morgan fingerprint density at radius 2 is 1.72 bits per heavy atom. The zero-order valence-corrected chi connectivity index (χ0v) is 15.9. The number of nitrogens with one attached hydrogen (secondary N) is 2. The molecule has 2 heterocycles. The number of carbonyl (C=O) groups is 2. The molecule has 3 N–H and O–H groups in total. The molecule has 0 atom stereocenters. The molecule has 0 saturated carbocycles. The summed E-state index contributed by atoms with van der Waals surface area (Å²) in [5.74, 6) is -1.07. The number of rotatable bonds is 4. The fourth-order valence-corrected chi connectivity index (χ4v) is 3.47. The van der Waals surface area contributed by atoms with E-state index in [-0.39, 0.29) is 11.3 Å². The first-order valence-corrected chi connectivity index (χ1v) is 9.58. The SMILES string of the molecule is O=C(NNC(=O)c1cn(-c2ccccc2)nc1-c1cccs1)c1cccc(O)c1. The standard InChI is InChI=1S/C21H16N4O3S/c26-16-9-4-6-14(12-16)20(27)22-23-21(28)17-13-25(15-7-2-1-3-8-15)24-19(17)18-10-5-11-29-18/h1-13,26H,(H,22,27)(H,23,28). The molecule has 29 heavy (non-hydrogen) atoms. The summed E-state index contributed by atoms with van der Waals surface area (Å²) in [6.07, 6.45) is 1.63. The fourth-order valence-electron chi connectivity index (χ4n) is 2.75. The maximum Gasteiger partial charge on any atom is 0.273 e. The van der Waals surface area contributed by atoms with Crippen LogP contribution in [0.3, 0.4) is 0 Å². The van der Waals surface area contributed by atoms with Gasteiger partial charge in [-0.2, -0.15) is 5.10 Å². The molecule has 0 aliphatic rings. The van der Waals surface area contributed by atoms with Crippen LogP contribution in [0.15, 0.2) is 78.3 Å². The number of hydrogen-bond donors (Lipinski definition) is 3. The van der Waals surface area contributed by atoms with Gasteiger partial charge in [0.25, 0.3) is 11.8 Å². The first-order valence-electron chi connectivity index (χ1n) is 8.70. The molecular formula is C21H16N4O3S. The molecule has 4 rings (SSSR count). The van der Waals surface area contributed by atoms with Crippen molar-refractivity contribution in [3.63, 3.8) is 0 Å². The summed E-state index contributed by atoms with van der Waals surface area (Å²) in [6, 6.07) is 19.1. The first kappa shape index (κ1) is 18.5. The van der Waals surface area contributed by atoms with Crippen LogP contribution in [-0.4, -0.2) is 26.7 Å². The Hall–Kier alpha value is -3.91. The molecule has 0 saturated heterocycles. The summed E-state index contributed by atoms with van der Waals surface area (Å²) >= 11 is 1.47. The van der Waals surface area contributed by atoms with Crippen LogP contribution >= 0.6 is 11.3 Å². The highest BCUT2D eigenvalue weighted by Crippen LogP contribution is 2.27. The minimum absolute atomic E-state index is 0.0342. The predicted molar refractivity (Wildman–Crippen MR) is 110 cm³/mol. The summed E-state index contributed by atoms with van der Waals surface area (Å²) in [5.41, 5.74) is 6.66. The van der Waals surface area contributed by atoms with Gasteiger partial charge in [-0.05, 0) is 41.8 Å². The van der Waals surface area contributed by atoms with E-state index in [1.165, 1.54) is 29.5 Å². The van der Waals surface area contributed by atoms with Crippen molar-refractivity contribution in [1.82, 2.24) is 20.6 Å². The summed E-state index contributed by atoms with van der Waals surface area (Å²) in [5, 5.41) is 16.0. The monoisotopic (exact) mass is 404 g/mol. The number of hydrazine groups is 1. The van der Waals surface area contributed by atoms with Gasteiger partial charge in [0.05, 0.1) is 16.1 Å². The van der Waals surface area contributed by atoms with Crippen LogP contribution in [0.1, 0.15) is 20.7 Å². The third kappa shape index (κ3) is 4.02. The molecule has 0 spiro atoms. The van der Waals surface area contributed by atoms with Crippen molar-refractivity contribution in [3.05, 3.63) is 89.4 Å². The molecule has 8 heteroatoms. The maximum absolute atomic E-state index is 12.8. The van der Waals surface area contributed by atoms with E-state index in [1.807, 2.05) is 47.8 Å². The number of carbonyl (C=O) groups excluding carboxylic acids is 2. The smallest absolute Gasteiger partial charge is 0.273 e. The Kier molecular flexibility index (Phi) is 5.08. The summed E-state index contributed by atoms with van der Waals surface area (Å²) < 4.78 is 1.63. The van der Waals surface area contributed by atoms with E-state index in [1.54, 1.807) is 16.9 Å². The number of benzene rings is 2. The molecule has 4 aromatic rings. The van der Waals surface area contributed by atoms with E-state index in [9.17, 15) is 14.7 Å². The van der Waals surface area contributed by atoms with Crippen LogP contribution in [0, 0.1) is 0 Å². The van der Waals surface area contributed by atoms with Crippen molar-refractivity contribution in [2.75, 3.05) is 0 Å². The second-order valence-electron chi connectivity index (χ2n) is 6.11. The lowest BCUT2D eigenvalue weighted by Gasteiger charge is -2.07. The topological polar surface area (TPSA) is 96.3 Å². The Bertz CT molecular complexity index is 1150. The van der Waals surface area contributed by atoms with Gasteiger partial charge >= 0.3 is 0 Å². The molecule has 2 aromatic carbocycles. The van der Waals surface area contributed by atoms with E-state index in [2.05, 4.69) is 16.0 Å². The van der Waals surface area contributed by atoms with Gasteiger partial charge in [-0.25, -0.2) is 4.68 Å². The molecule has 0 aliphatic heterocycles. The van der Waals surface area contributed by atoms with E-state index in [0.717, 1.165) is 10.6 Å². The first-order chi connectivity index (χ1) is 14.1. The van der Waals surface area contributed by atoms with Crippen LogP contribution in [0.5, 0.6) is 5.75 Å². The maximum atomic E-state index is 12.8. The second-order valence-corrected chi connectivity index (χ2v) is 7.06. The number of aromatic hydroxyl groups is 1. The minimum atomic E-state index is -0.539. The zero-order chi connectivity index (χ0) is 20.2. The minimum Gasteiger partial charge on any atom is -0.508 e. The molecule has 7 nitrogen and oxygen atoms in total.